The van der Waals surface area contributed by atoms with E-state index in [9.17, 15) is 18.0 Å². The van der Waals surface area contributed by atoms with Crippen LogP contribution in [0.25, 0.3) is 20.8 Å². The first-order valence-corrected chi connectivity index (χ1v) is 15.5. The van der Waals surface area contributed by atoms with E-state index in [-0.39, 0.29) is 22.8 Å². The normalized spacial score (nSPS) is 11.4. The van der Waals surface area contributed by atoms with E-state index >= 15 is 0 Å². The van der Waals surface area contributed by atoms with E-state index in [1.807, 2.05) is 24.3 Å². The van der Waals surface area contributed by atoms with Crippen molar-refractivity contribution in [3.8, 4) is 10.6 Å². The molecule has 40 heavy (non-hydrogen) atoms. The van der Waals surface area contributed by atoms with Gasteiger partial charge in [0.2, 0.25) is 0 Å². The lowest BCUT2D eigenvalue weighted by atomic mass is 10.1. The molecule has 2 aromatic heterocycles. The Labute approximate surface area is 243 Å². The largest absolute Gasteiger partial charge is 0.462 e. The highest BCUT2D eigenvalue weighted by Crippen LogP contribution is 2.43. The second-order valence-corrected chi connectivity index (χ2v) is 12.7. The first-order chi connectivity index (χ1) is 19.2. The number of halogens is 1. The van der Waals surface area contributed by atoms with Gasteiger partial charge in [0.15, 0.2) is 0 Å². The van der Waals surface area contributed by atoms with Crippen molar-refractivity contribution in [3.05, 3.63) is 93.8 Å². The molecule has 0 aliphatic heterocycles. The highest BCUT2D eigenvalue weighted by atomic mass is 35.5. The highest BCUT2D eigenvalue weighted by molar-refractivity contribution is 7.92. The third-order valence-electron chi connectivity index (χ3n) is 5.84. The van der Waals surface area contributed by atoms with E-state index < -0.39 is 21.9 Å². The van der Waals surface area contributed by atoms with Gasteiger partial charge in [0.25, 0.3) is 15.9 Å². The van der Waals surface area contributed by atoms with Crippen LogP contribution < -0.4 is 10.0 Å². The molecule has 8 nitrogen and oxygen atoms in total. The number of rotatable bonds is 8. The number of anilines is 2. The van der Waals surface area contributed by atoms with Crippen LogP contribution in [0.2, 0.25) is 5.02 Å². The first kappa shape index (κ1) is 27.8. The van der Waals surface area contributed by atoms with Crippen LogP contribution >= 0.6 is 34.3 Å². The Hall–Kier alpha value is -3.77. The van der Waals surface area contributed by atoms with Crippen LogP contribution in [0, 0.1) is 6.92 Å². The second kappa shape index (κ2) is 11.4. The molecule has 0 bridgehead atoms. The van der Waals surface area contributed by atoms with Crippen molar-refractivity contribution >= 4 is 77.1 Å². The molecule has 5 aromatic rings. The minimum Gasteiger partial charge on any atom is -0.462 e. The lowest BCUT2D eigenvalue weighted by molar-refractivity contribution is 0.0531. The number of nitrogens with zero attached hydrogens (tertiary/aromatic N) is 1. The standard InChI is InChI=1S/C28H22ClN3O5S3/c1-3-37-28(34)24-16(2)23(26-30-21-9-4-5-10-22(21)38-26)27(39-24)31-25(33)17-7-6-8-19(15-17)32-40(35,36)20-13-11-18(29)12-14-20/h4-15,32H,3H2,1-2H3,(H,31,33). The SMILES string of the molecule is CCOC(=O)c1sc(NC(=O)c2cccc(NS(=O)(=O)c3ccc(Cl)cc3)c2)c(-c2nc3ccccc3s2)c1C. The number of fused-ring (bicyclic) bond motifs is 1. The van der Waals surface area contributed by atoms with Gasteiger partial charge in [0.05, 0.1) is 21.7 Å². The number of aromatic nitrogens is 1. The molecule has 1 amide bonds. The van der Waals surface area contributed by atoms with Crippen LogP contribution in [0.5, 0.6) is 0 Å². The molecule has 0 fully saturated rings. The molecule has 0 atom stereocenters. The number of thiophene rings is 1. The summed E-state index contributed by atoms with van der Waals surface area (Å²) in [6, 6.07) is 19.6. The quantitative estimate of drug-likeness (QED) is 0.179. The van der Waals surface area contributed by atoms with Crippen molar-refractivity contribution in [3.63, 3.8) is 0 Å². The molecule has 2 N–H and O–H groups in total. The average molecular weight is 612 g/mol. The number of nitrogens with one attached hydrogen (secondary N) is 2. The van der Waals surface area contributed by atoms with Crippen LogP contribution in [0.4, 0.5) is 10.7 Å². The van der Waals surface area contributed by atoms with Gasteiger partial charge in [-0.3, -0.25) is 9.52 Å². The van der Waals surface area contributed by atoms with E-state index in [1.54, 1.807) is 32.0 Å². The monoisotopic (exact) mass is 611 g/mol. The van der Waals surface area contributed by atoms with Crippen LogP contribution in [0.3, 0.4) is 0 Å². The van der Waals surface area contributed by atoms with E-state index in [0.717, 1.165) is 21.6 Å². The number of esters is 1. The van der Waals surface area contributed by atoms with Gasteiger partial charge in [-0.1, -0.05) is 29.8 Å². The molecule has 0 radical (unpaired) electrons. The maximum Gasteiger partial charge on any atom is 0.348 e. The Morgan fingerprint density at radius 3 is 2.48 bits per heavy atom. The summed E-state index contributed by atoms with van der Waals surface area (Å²) in [6.45, 7) is 3.74. The molecule has 204 valence electrons. The summed E-state index contributed by atoms with van der Waals surface area (Å²) >= 11 is 8.44. The maximum atomic E-state index is 13.4. The van der Waals surface area contributed by atoms with Crippen molar-refractivity contribution in [2.45, 2.75) is 18.7 Å². The number of ether oxygens (including phenoxy) is 1. The molecule has 5 rings (SSSR count). The van der Waals surface area contributed by atoms with E-state index in [4.69, 9.17) is 21.3 Å². The topological polar surface area (TPSA) is 114 Å². The summed E-state index contributed by atoms with van der Waals surface area (Å²) in [5.41, 5.74) is 2.53. The molecule has 0 spiro atoms. The molecular weight excluding hydrogens is 590 g/mol. The molecule has 0 unspecified atom stereocenters. The lowest BCUT2D eigenvalue weighted by Crippen LogP contribution is -2.15. The summed E-state index contributed by atoms with van der Waals surface area (Å²) < 4.78 is 34.3. The number of carbonyl (C=O) groups excluding carboxylic acids is 2. The molecule has 2 heterocycles. The fourth-order valence-electron chi connectivity index (χ4n) is 3.96. The fraction of sp³-hybridized carbons (Fsp3) is 0.107. The number of sulfonamides is 1. The van der Waals surface area contributed by atoms with Crippen LogP contribution in [-0.2, 0) is 14.8 Å². The van der Waals surface area contributed by atoms with Gasteiger partial charge < -0.3 is 10.1 Å². The van der Waals surface area contributed by atoms with Gasteiger partial charge in [-0.2, -0.15) is 0 Å². The molecule has 0 aliphatic carbocycles. The zero-order chi connectivity index (χ0) is 28.4. The van der Waals surface area contributed by atoms with Gasteiger partial charge in [0, 0.05) is 21.8 Å². The number of para-hydroxylation sites is 1. The Morgan fingerprint density at radius 1 is 1.00 bits per heavy atom. The number of amides is 1. The number of hydrogen-bond donors (Lipinski definition) is 2. The van der Waals surface area contributed by atoms with Gasteiger partial charge in [-0.15, -0.1) is 22.7 Å². The Balaban J connectivity index is 1.47. The third kappa shape index (κ3) is 5.73. The molecule has 3 aromatic carbocycles. The molecule has 12 heteroatoms. The summed E-state index contributed by atoms with van der Waals surface area (Å²) in [7, 11) is -3.90. The predicted octanol–water partition coefficient (Wildman–Crippen LogP) is 7.22. The number of carbonyl (C=O) groups is 2. The van der Waals surface area contributed by atoms with Gasteiger partial charge in [0.1, 0.15) is 14.9 Å². The Kier molecular flexibility index (Phi) is 7.90. The van der Waals surface area contributed by atoms with Crippen LogP contribution in [0.1, 0.15) is 32.5 Å². The second-order valence-electron chi connectivity index (χ2n) is 8.56. The molecular formula is C28H22ClN3O5S3. The van der Waals surface area contributed by atoms with Crippen molar-refractivity contribution in [2.24, 2.45) is 0 Å². The van der Waals surface area contributed by atoms with Crippen molar-refractivity contribution in [2.75, 3.05) is 16.6 Å². The average Bonchev–Trinajstić information content (AvgIpc) is 3.49. The minimum atomic E-state index is -3.90. The summed E-state index contributed by atoms with van der Waals surface area (Å²) in [5, 5.41) is 4.42. The summed E-state index contributed by atoms with van der Waals surface area (Å²) in [6.07, 6.45) is 0. The number of hydrogen-bond acceptors (Lipinski definition) is 8. The van der Waals surface area contributed by atoms with Crippen molar-refractivity contribution in [1.82, 2.24) is 4.98 Å². The lowest BCUT2D eigenvalue weighted by Gasteiger charge is -2.10. The number of thiazole rings is 1. The zero-order valence-corrected chi connectivity index (χ0v) is 24.4. The third-order valence-corrected chi connectivity index (χ3v) is 9.73. The van der Waals surface area contributed by atoms with Gasteiger partial charge >= 0.3 is 5.97 Å². The van der Waals surface area contributed by atoms with Crippen molar-refractivity contribution < 1.29 is 22.7 Å². The van der Waals surface area contributed by atoms with Crippen LogP contribution in [0.15, 0.2) is 77.7 Å². The smallest absolute Gasteiger partial charge is 0.348 e. The first-order valence-electron chi connectivity index (χ1n) is 12.0. The van der Waals surface area contributed by atoms with Crippen LogP contribution in [-0.4, -0.2) is 31.9 Å². The molecule has 0 aliphatic rings. The van der Waals surface area contributed by atoms with Gasteiger partial charge in [-0.25, -0.2) is 18.2 Å². The fourth-order valence-corrected chi connectivity index (χ4v) is 7.37. The van der Waals surface area contributed by atoms with Crippen molar-refractivity contribution in [1.29, 1.82) is 0 Å². The number of benzene rings is 3. The predicted molar refractivity (Wildman–Crippen MR) is 160 cm³/mol. The highest BCUT2D eigenvalue weighted by Gasteiger charge is 2.26. The van der Waals surface area contributed by atoms with Gasteiger partial charge in [-0.05, 0) is 74.0 Å². The zero-order valence-electron chi connectivity index (χ0n) is 21.2. The molecule has 0 saturated carbocycles. The summed E-state index contributed by atoms with van der Waals surface area (Å²) in [5.74, 6) is -0.960. The Morgan fingerprint density at radius 2 is 1.75 bits per heavy atom. The Bertz CT molecular complexity index is 1810. The maximum absolute atomic E-state index is 13.4. The minimum absolute atomic E-state index is 0.0350. The van der Waals surface area contributed by atoms with E-state index in [2.05, 4.69) is 10.0 Å². The summed E-state index contributed by atoms with van der Waals surface area (Å²) in [4.78, 5) is 31.2. The molecule has 0 saturated heterocycles. The van der Waals surface area contributed by atoms with E-state index in [1.165, 1.54) is 41.7 Å². The van der Waals surface area contributed by atoms with E-state index in [0.29, 0.717) is 31.0 Å².